The molecule has 6 heteroatoms. The highest BCUT2D eigenvalue weighted by Gasteiger charge is 2.16. The fourth-order valence-electron chi connectivity index (χ4n) is 2.25. The molecule has 1 unspecified atom stereocenters. The van der Waals surface area contributed by atoms with Gasteiger partial charge >= 0.3 is 0 Å². The topological polar surface area (TPSA) is 83.5 Å². The molecule has 5 nitrogen and oxygen atoms in total. The van der Waals surface area contributed by atoms with Crippen LogP contribution in [0, 0.1) is 0 Å². The van der Waals surface area contributed by atoms with Crippen LogP contribution in [0.15, 0.2) is 65.6 Å². The summed E-state index contributed by atoms with van der Waals surface area (Å²) < 4.78 is 24.2. The van der Waals surface area contributed by atoms with Gasteiger partial charge in [0.25, 0.3) is 0 Å². The van der Waals surface area contributed by atoms with Gasteiger partial charge in [0.05, 0.1) is 16.8 Å². The molecule has 0 aliphatic rings. The van der Waals surface area contributed by atoms with E-state index in [-0.39, 0.29) is 29.5 Å². The van der Waals surface area contributed by atoms with Crippen molar-refractivity contribution in [1.82, 2.24) is 5.32 Å². The van der Waals surface area contributed by atoms with E-state index in [1.165, 1.54) is 12.1 Å². The number of hydrogen-bond acceptors (Lipinski definition) is 4. The molecule has 2 N–H and O–H groups in total. The third kappa shape index (κ3) is 5.79. The van der Waals surface area contributed by atoms with Gasteiger partial charge in [-0.05, 0) is 17.7 Å². The average molecular weight is 347 g/mol. The minimum absolute atomic E-state index is 0.0963. The number of amides is 1. The molecule has 128 valence electrons. The summed E-state index contributed by atoms with van der Waals surface area (Å²) in [6.45, 7) is 0.0963. The summed E-state index contributed by atoms with van der Waals surface area (Å²) in [5.41, 5.74) is 0.978. The minimum atomic E-state index is -3.47. The molecule has 2 aromatic carbocycles. The van der Waals surface area contributed by atoms with E-state index in [2.05, 4.69) is 5.32 Å². The van der Waals surface area contributed by atoms with Crippen LogP contribution in [0.4, 0.5) is 0 Å². The summed E-state index contributed by atoms with van der Waals surface area (Å²) in [5.74, 6) is -0.640. The Labute approximate surface area is 142 Å². The van der Waals surface area contributed by atoms with Crippen LogP contribution >= 0.6 is 0 Å². The molecule has 0 fully saturated rings. The Balaban J connectivity index is 1.75. The number of sulfone groups is 1. The first-order chi connectivity index (χ1) is 11.5. The third-order valence-corrected chi connectivity index (χ3v) is 5.28. The van der Waals surface area contributed by atoms with Gasteiger partial charge in [0, 0.05) is 19.4 Å². The van der Waals surface area contributed by atoms with E-state index in [4.69, 9.17) is 0 Å². The van der Waals surface area contributed by atoms with E-state index in [0.717, 1.165) is 5.56 Å². The second-order valence-corrected chi connectivity index (χ2v) is 7.64. The van der Waals surface area contributed by atoms with Gasteiger partial charge in [-0.2, -0.15) is 0 Å². The van der Waals surface area contributed by atoms with Gasteiger partial charge in [-0.15, -0.1) is 0 Å². The normalized spacial score (nSPS) is 12.5. The molecule has 0 saturated heterocycles. The molecule has 1 amide bonds. The van der Waals surface area contributed by atoms with Crippen LogP contribution in [-0.2, 0) is 21.1 Å². The van der Waals surface area contributed by atoms with Crippen molar-refractivity contribution in [3.63, 3.8) is 0 Å². The van der Waals surface area contributed by atoms with Gasteiger partial charge < -0.3 is 10.4 Å². The van der Waals surface area contributed by atoms with Crippen LogP contribution in [0.2, 0.25) is 0 Å². The van der Waals surface area contributed by atoms with Gasteiger partial charge in [0.2, 0.25) is 5.91 Å². The van der Waals surface area contributed by atoms with E-state index in [1.54, 1.807) is 18.2 Å². The summed E-state index contributed by atoms with van der Waals surface area (Å²) in [4.78, 5) is 12.0. The van der Waals surface area contributed by atoms with Crippen molar-refractivity contribution in [3.8, 4) is 0 Å². The molecule has 0 spiro atoms. The number of hydrogen-bond donors (Lipinski definition) is 2. The van der Waals surface area contributed by atoms with Crippen LogP contribution < -0.4 is 5.32 Å². The van der Waals surface area contributed by atoms with E-state index in [1.807, 2.05) is 30.3 Å². The monoisotopic (exact) mass is 347 g/mol. The van der Waals surface area contributed by atoms with Crippen LogP contribution in [0.5, 0.6) is 0 Å². The molecule has 0 heterocycles. The maximum atomic E-state index is 12.1. The van der Waals surface area contributed by atoms with Crippen molar-refractivity contribution < 1.29 is 18.3 Å². The highest BCUT2D eigenvalue weighted by molar-refractivity contribution is 7.91. The Morgan fingerprint density at radius 3 is 2.21 bits per heavy atom. The van der Waals surface area contributed by atoms with Crippen LogP contribution in [0.25, 0.3) is 0 Å². The number of aliphatic hydroxyl groups excluding tert-OH is 1. The van der Waals surface area contributed by atoms with E-state index in [0.29, 0.717) is 6.42 Å². The Hall–Kier alpha value is -2.18. The molecule has 24 heavy (non-hydrogen) atoms. The molecule has 0 saturated carbocycles. The number of aliphatic hydroxyl groups is 1. The average Bonchev–Trinajstić information content (AvgIpc) is 2.60. The SMILES string of the molecule is O=C(CCS(=O)(=O)c1ccccc1)NCC(O)Cc1ccccc1. The van der Waals surface area contributed by atoms with Gasteiger partial charge in [-0.1, -0.05) is 48.5 Å². The lowest BCUT2D eigenvalue weighted by Crippen LogP contribution is -2.34. The van der Waals surface area contributed by atoms with Crippen LogP contribution in [0.3, 0.4) is 0 Å². The van der Waals surface area contributed by atoms with Crippen molar-refractivity contribution in [1.29, 1.82) is 0 Å². The van der Waals surface area contributed by atoms with Gasteiger partial charge in [0.15, 0.2) is 9.84 Å². The van der Waals surface area contributed by atoms with Crippen molar-refractivity contribution in [3.05, 3.63) is 66.2 Å². The summed E-state index contributed by atoms with van der Waals surface area (Å²) in [6.07, 6.45) is -0.402. The first kappa shape index (κ1) is 18.2. The molecule has 0 bridgehead atoms. The number of benzene rings is 2. The van der Waals surface area contributed by atoms with Crippen molar-refractivity contribution in [2.24, 2.45) is 0 Å². The lowest BCUT2D eigenvalue weighted by Gasteiger charge is -2.12. The number of nitrogens with one attached hydrogen (secondary N) is 1. The van der Waals surface area contributed by atoms with Gasteiger partial charge in [0.1, 0.15) is 0 Å². The summed E-state index contributed by atoms with van der Waals surface area (Å²) in [6, 6.07) is 17.5. The number of rotatable bonds is 8. The number of carbonyl (C=O) groups is 1. The lowest BCUT2D eigenvalue weighted by atomic mass is 10.1. The lowest BCUT2D eigenvalue weighted by molar-refractivity contribution is -0.121. The zero-order chi connectivity index (χ0) is 17.4. The second-order valence-electron chi connectivity index (χ2n) is 5.53. The Morgan fingerprint density at radius 2 is 1.58 bits per heavy atom. The Kier molecular flexibility index (Phi) is 6.52. The predicted molar refractivity (Wildman–Crippen MR) is 92.3 cm³/mol. The molecule has 0 aromatic heterocycles. The smallest absolute Gasteiger partial charge is 0.221 e. The molecule has 2 rings (SSSR count). The molecule has 1 atom stereocenters. The Bertz CT molecular complexity index is 745. The van der Waals surface area contributed by atoms with Crippen molar-refractivity contribution in [2.45, 2.75) is 23.8 Å². The minimum Gasteiger partial charge on any atom is -0.391 e. The fourth-order valence-corrected chi connectivity index (χ4v) is 3.51. The number of carbonyl (C=O) groups excluding carboxylic acids is 1. The zero-order valence-corrected chi connectivity index (χ0v) is 14.1. The quantitative estimate of drug-likeness (QED) is 0.759. The Morgan fingerprint density at radius 1 is 1.00 bits per heavy atom. The van der Waals surface area contributed by atoms with Crippen LogP contribution in [0.1, 0.15) is 12.0 Å². The summed E-state index contributed by atoms with van der Waals surface area (Å²) in [7, 11) is -3.47. The molecule has 0 aliphatic carbocycles. The fraction of sp³-hybridized carbons (Fsp3) is 0.278. The maximum Gasteiger partial charge on any atom is 0.221 e. The summed E-state index contributed by atoms with van der Waals surface area (Å²) >= 11 is 0. The zero-order valence-electron chi connectivity index (χ0n) is 13.3. The summed E-state index contributed by atoms with van der Waals surface area (Å²) in [5, 5.41) is 12.5. The van der Waals surface area contributed by atoms with E-state index < -0.39 is 15.9 Å². The van der Waals surface area contributed by atoms with Crippen molar-refractivity contribution >= 4 is 15.7 Å². The van der Waals surface area contributed by atoms with Crippen LogP contribution in [-0.4, -0.2) is 37.8 Å². The molecule has 0 radical (unpaired) electrons. The molecular weight excluding hydrogens is 326 g/mol. The maximum absolute atomic E-state index is 12.1. The molecule has 0 aliphatic heterocycles. The van der Waals surface area contributed by atoms with E-state index >= 15 is 0 Å². The predicted octanol–water partition coefficient (Wildman–Crippen LogP) is 1.57. The van der Waals surface area contributed by atoms with Gasteiger partial charge in [-0.25, -0.2) is 8.42 Å². The standard InChI is InChI=1S/C18H21NO4S/c20-16(13-15-7-3-1-4-8-15)14-19-18(21)11-12-24(22,23)17-9-5-2-6-10-17/h1-10,16,20H,11-14H2,(H,19,21). The third-order valence-electron chi connectivity index (χ3n) is 3.55. The first-order valence-corrected chi connectivity index (χ1v) is 9.39. The highest BCUT2D eigenvalue weighted by atomic mass is 32.2. The van der Waals surface area contributed by atoms with Gasteiger partial charge in [-0.3, -0.25) is 4.79 Å². The first-order valence-electron chi connectivity index (χ1n) is 7.74. The largest absolute Gasteiger partial charge is 0.391 e. The molecular formula is C18H21NO4S. The molecule has 2 aromatic rings. The van der Waals surface area contributed by atoms with E-state index in [9.17, 15) is 18.3 Å². The highest BCUT2D eigenvalue weighted by Crippen LogP contribution is 2.11. The van der Waals surface area contributed by atoms with Crippen molar-refractivity contribution in [2.75, 3.05) is 12.3 Å². The second kappa shape index (κ2) is 8.61.